The zero-order chi connectivity index (χ0) is 12.0. The van der Waals surface area contributed by atoms with Crippen molar-refractivity contribution in [3.05, 3.63) is 48.0 Å². The van der Waals surface area contributed by atoms with Gasteiger partial charge in [-0.3, -0.25) is 0 Å². The third kappa shape index (κ3) is 1.54. The van der Waals surface area contributed by atoms with E-state index in [4.69, 9.17) is 0 Å². The first-order valence-corrected chi connectivity index (χ1v) is 6.07. The zero-order valence-electron chi connectivity index (χ0n) is 10.5. The second kappa shape index (κ2) is 3.36. The Morgan fingerprint density at radius 1 is 0.824 bits per heavy atom. The van der Waals surface area contributed by atoms with E-state index in [1.165, 1.54) is 27.4 Å². The predicted octanol–water partition coefficient (Wildman–Crippen LogP) is 4.62. The number of benzene rings is 2. The third-order valence-electron chi connectivity index (χ3n) is 3.34. The fourth-order valence-corrected chi connectivity index (χ4v) is 2.53. The van der Waals surface area contributed by atoms with Crippen LogP contribution in [-0.4, -0.2) is 4.98 Å². The van der Waals surface area contributed by atoms with Crippen LogP contribution in [0.25, 0.3) is 21.8 Å². The summed E-state index contributed by atoms with van der Waals surface area (Å²) in [5.74, 6) is 0. The molecule has 0 fully saturated rings. The SMILES string of the molecule is CC(C)(C)c1cccc2[nH]c3ccccc3c12. The van der Waals surface area contributed by atoms with E-state index in [-0.39, 0.29) is 5.41 Å². The first-order valence-electron chi connectivity index (χ1n) is 6.07. The Morgan fingerprint density at radius 3 is 2.29 bits per heavy atom. The minimum Gasteiger partial charge on any atom is -0.355 e. The molecule has 0 radical (unpaired) electrons. The number of hydrogen-bond acceptors (Lipinski definition) is 0. The van der Waals surface area contributed by atoms with Gasteiger partial charge in [0.1, 0.15) is 0 Å². The molecule has 1 N–H and O–H groups in total. The first kappa shape index (κ1) is 10.4. The van der Waals surface area contributed by atoms with Gasteiger partial charge in [0.25, 0.3) is 0 Å². The second-order valence-corrected chi connectivity index (χ2v) is 5.65. The van der Waals surface area contributed by atoms with Crippen molar-refractivity contribution < 1.29 is 0 Å². The van der Waals surface area contributed by atoms with Crippen LogP contribution in [0.5, 0.6) is 0 Å². The number of hydrogen-bond donors (Lipinski definition) is 1. The summed E-state index contributed by atoms with van der Waals surface area (Å²) >= 11 is 0. The molecule has 1 heterocycles. The minimum absolute atomic E-state index is 0.171. The second-order valence-electron chi connectivity index (χ2n) is 5.65. The summed E-state index contributed by atoms with van der Waals surface area (Å²) < 4.78 is 0. The van der Waals surface area contributed by atoms with E-state index in [0.717, 1.165) is 0 Å². The Labute approximate surface area is 101 Å². The molecule has 0 spiro atoms. The third-order valence-corrected chi connectivity index (χ3v) is 3.34. The molecule has 0 saturated carbocycles. The van der Waals surface area contributed by atoms with Crippen molar-refractivity contribution in [1.82, 2.24) is 4.98 Å². The van der Waals surface area contributed by atoms with Gasteiger partial charge in [0.2, 0.25) is 0 Å². The van der Waals surface area contributed by atoms with Crippen molar-refractivity contribution in [2.75, 3.05) is 0 Å². The van der Waals surface area contributed by atoms with Crippen LogP contribution in [0.2, 0.25) is 0 Å². The average Bonchev–Trinajstić information content (AvgIpc) is 2.65. The maximum absolute atomic E-state index is 3.49. The fourth-order valence-electron chi connectivity index (χ4n) is 2.53. The lowest BCUT2D eigenvalue weighted by molar-refractivity contribution is 0.596. The number of para-hydroxylation sites is 1. The van der Waals surface area contributed by atoms with Crippen molar-refractivity contribution >= 4 is 21.8 Å². The van der Waals surface area contributed by atoms with Crippen LogP contribution >= 0.6 is 0 Å². The summed E-state index contributed by atoms with van der Waals surface area (Å²) in [5.41, 5.74) is 4.04. The van der Waals surface area contributed by atoms with E-state index in [1.54, 1.807) is 0 Å². The number of aromatic nitrogens is 1. The van der Waals surface area contributed by atoms with Crippen LogP contribution in [0.1, 0.15) is 26.3 Å². The quantitative estimate of drug-likeness (QED) is 0.572. The minimum atomic E-state index is 0.171. The summed E-state index contributed by atoms with van der Waals surface area (Å²) in [7, 11) is 0. The highest BCUT2D eigenvalue weighted by Crippen LogP contribution is 2.34. The molecule has 1 aromatic heterocycles. The molecule has 0 saturated heterocycles. The molecule has 0 unspecified atom stereocenters. The predicted molar refractivity (Wildman–Crippen MR) is 74.5 cm³/mol. The van der Waals surface area contributed by atoms with Gasteiger partial charge >= 0.3 is 0 Å². The van der Waals surface area contributed by atoms with Crippen LogP contribution in [0.4, 0.5) is 0 Å². The van der Waals surface area contributed by atoms with Gasteiger partial charge in [-0.1, -0.05) is 51.1 Å². The Balaban J connectivity index is 2.52. The largest absolute Gasteiger partial charge is 0.355 e. The highest BCUT2D eigenvalue weighted by atomic mass is 14.7. The van der Waals surface area contributed by atoms with Gasteiger partial charge in [-0.2, -0.15) is 0 Å². The molecule has 0 aliphatic rings. The summed E-state index contributed by atoms with van der Waals surface area (Å²) in [6.07, 6.45) is 0. The number of H-pyrrole nitrogens is 1. The van der Waals surface area contributed by atoms with Crippen molar-refractivity contribution in [2.24, 2.45) is 0 Å². The average molecular weight is 223 g/mol. The molecule has 0 amide bonds. The van der Waals surface area contributed by atoms with Crippen LogP contribution < -0.4 is 0 Å². The number of fused-ring (bicyclic) bond motifs is 3. The number of rotatable bonds is 0. The smallest absolute Gasteiger partial charge is 0.0467 e. The Hall–Kier alpha value is -1.76. The van der Waals surface area contributed by atoms with Crippen LogP contribution in [0, 0.1) is 0 Å². The Kier molecular flexibility index (Phi) is 2.06. The molecule has 0 atom stereocenters. The van der Waals surface area contributed by atoms with E-state index in [9.17, 15) is 0 Å². The standard InChI is InChI=1S/C16H17N/c1-16(2,3)12-8-6-10-14-15(12)11-7-4-5-9-13(11)17-14/h4-10,17H,1-3H3. The topological polar surface area (TPSA) is 15.8 Å². The maximum atomic E-state index is 3.49. The van der Waals surface area contributed by atoms with Gasteiger partial charge in [0.15, 0.2) is 0 Å². The lowest BCUT2D eigenvalue weighted by atomic mass is 9.84. The molecular formula is C16H17N. The molecule has 86 valence electrons. The van der Waals surface area contributed by atoms with Gasteiger partial charge in [0, 0.05) is 21.8 Å². The van der Waals surface area contributed by atoms with E-state index in [2.05, 4.69) is 68.2 Å². The van der Waals surface area contributed by atoms with Gasteiger partial charge in [0.05, 0.1) is 0 Å². The lowest BCUT2D eigenvalue weighted by Gasteiger charge is -2.20. The van der Waals surface area contributed by atoms with Gasteiger partial charge < -0.3 is 4.98 Å². The summed E-state index contributed by atoms with van der Waals surface area (Å²) in [5, 5.41) is 2.70. The van der Waals surface area contributed by atoms with Crippen LogP contribution in [-0.2, 0) is 5.41 Å². The summed E-state index contributed by atoms with van der Waals surface area (Å²) in [4.78, 5) is 3.49. The highest BCUT2D eigenvalue weighted by Gasteiger charge is 2.18. The number of aromatic amines is 1. The summed E-state index contributed by atoms with van der Waals surface area (Å²) in [6.45, 7) is 6.80. The van der Waals surface area contributed by atoms with Crippen molar-refractivity contribution in [3.63, 3.8) is 0 Å². The monoisotopic (exact) mass is 223 g/mol. The molecule has 3 rings (SSSR count). The highest BCUT2D eigenvalue weighted by molar-refractivity contribution is 6.09. The van der Waals surface area contributed by atoms with Gasteiger partial charge in [-0.05, 0) is 23.1 Å². The number of nitrogens with one attached hydrogen (secondary N) is 1. The lowest BCUT2D eigenvalue weighted by Crippen LogP contribution is -2.11. The van der Waals surface area contributed by atoms with Crippen molar-refractivity contribution in [3.8, 4) is 0 Å². The molecule has 0 bridgehead atoms. The molecule has 0 aliphatic heterocycles. The fraction of sp³-hybridized carbons (Fsp3) is 0.250. The molecule has 0 aliphatic carbocycles. The van der Waals surface area contributed by atoms with E-state index in [0.29, 0.717) is 0 Å². The molecule has 17 heavy (non-hydrogen) atoms. The Bertz CT molecular complexity index is 683. The summed E-state index contributed by atoms with van der Waals surface area (Å²) in [6, 6.07) is 15.1. The van der Waals surface area contributed by atoms with E-state index >= 15 is 0 Å². The molecular weight excluding hydrogens is 206 g/mol. The zero-order valence-corrected chi connectivity index (χ0v) is 10.5. The van der Waals surface area contributed by atoms with E-state index < -0.39 is 0 Å². The molecule has 1 heteroatoms. The van der Waals surface area contributed by atoms with Crippen LogP contribution in [0.3, 0.4) is 0 Å². The molecule has 1 nitrogen and oxygen atoms in total. The maximum Gasteiger partial charge on any atom is 0.0467 e. The first-order chi connectivity index (χ1) is 8.07. The normalized spacial score (nSPS) is 12.4. The van der Waals surface area contributed by atoms with Crippen LogP contribution in [0.15, 0.2) is 42.5 Å². The molecule has 2 aromatic carbocycles. The van der Waals surface area contributed by atoms with Gasteiger partial charge in [-0.15, -0.1) is 0 Å². The van der Waals surface area contributed by atoms with Crippen molar-refractivity contribution in [2.45, 2.75) is 26.2 Å². The Morgan fingerprint density at radius 2 is 1.53 bits per heavy atom. The van der Waals surface area contributed by atoms with E-state index in [1.807, 2.05) is 0 Å². The van der Waals surface area contributed by atoms with Crippen molar-refractivity contribution in [1.29, 1.82) is 0 Å². The molecule has 3 aromatic rings. The van der Waals surface area contributed by atoms with Gasteiger partial charge in [-0.25, -0.2) is 0 Å².